The number of aromatic nitrogens is 4. The highest BCUT2D eigenvalue weighted by Crippen LogP contribution is 2.08. The zero-order valence-electron chi connectivity index (χ0n) is 15.8. The molecule has 0 saturated carbocycles. The van der Waals surface area contributed by atoms with E-state index in [9.17, 15) is 4.79 Å². The zero-order chi connectivity index (χ0) is 19.2. The van der Waals surface area contributed by atoms with Gasteiger partial charge in [0.15, 0.2) is 5.82 Å². The first-order valence-corrected chi connectivity index (χ1v) is 8.90. The lowest BCUT2D eigenvalue weighted by Gasteiger charge is -2.15. The molecule has 0 saturated heterocycles. The van der Waals surface area contributed by atoms with E-state index in [0.717, 1.165) is 17.7 Å². The number of para-hydroxylation sites is 1. The first-order valence-electron chi connectivity index (χ1n) is 8.90. The Morgan fingerprint density at radius 1 is 1.30 bits per heavy atom. The van der Waals surface area contributed by atoms with Gasteiger partial charge < -0.3 is 14.7 Å². The van der Waals surface area contributed by atoms with E-state index in [1.54, 1.807) is 17.9 Å². The lowest BCUT2D eigenvalue weighted by atomic mass is 10.1. The summed E-state index contributed by atoms with van der Waals surface area (Å²) in [6, 6.07) is 9.60. The van der Waals surface area contributed by atoms with Crippen molar-refractivity contribution in [3.05, 3.63) is 60.0 Å². The van der Waals surface area contributed by atoms with Gasteiger partial charge in [0.2, 0.25) is 5.89 Å². The molecular formula is C19H24N6O2. The summed E-state index contributed by atoms with van der Waals surface area (Å²) >= 11 is 0. The van der Waals surface area contributed by atoms with Crippen molar-refractivity contribution in [2.75, 3.05) is 7.05 Å². The molecule has 0 radical (unpaired) electrons. The van der Waals surface area contributed by atoms with Gasteiger partial charge in [0, 0.05) is 31.8 Å². The molecule has 0 atom stereocenters. The maximum Gasteiger partial charge on any atom is 0.317 e. The smallest absolute Gasteiger partial charge is 0.317 e. The molecule has 2 amide bonds. The van der Waals surface area contributed by atoms with Crippen LogP contribution >= 0.6 is 0 Å². The Morgan fingerprint density at radius 2 is 2.07 bits per heavy atom. The van der Waals surface area contributed by atoms with Gasteiger partial charge in [-0.3, -0.25) is 0 Å². The SMILES string of the molecule is CC(C)Cc1noc(CN(C)C(=O)NCc2cnn(-c3ccccc3)c2)n1. The Morgan fingerprint density at radius 3 is 2.81 bits per heavy atom. The Balaban J connectivity index is 1.50. The maximum atomic E-state index is 12.3. The van der Waals surface area contributed by atoms with Gasteiger partial charge in [-0.25, -0.2) is 9.48 Å². The molecule has 3 rings (SSSR count). The average molecular weight is 368 g/mol. The number of nitrogens with zero attached hydrogens (tertiary/aromatic N) is 5. The van der Waals surface area contributed by atoms with Crippen molar-refractivity contribution < 1.29 is 9.32 Å². The third kappa shape index (κ3) is 5.16. The van der Waals surface area contributed by atoms with Crippen LogP contribution in [0.3, 0.4) is 0 Å². The van der Waals surface area contributed by atoms with Gasteiger partial charge >= 0.3 is 6.03 Å². The monoisotopic (exact) mass is 368 g/mol. The van der Waals surface area contributed by atoms with Crippen LogP contribution in [0.25, 0.3) is 5.69 Å². The largest absolute Gasteiger partial charge is 0.337 e. The summed E-state index contributed by atoms with van der Waals surface area (Å²) in [5.74, 6) is 1.55. The van der Waals surface area contributed by atoms with Crippen LogP contribution in [0.15, 0.2) is 47.2 Å². The molecule has 142 valence electrons. The summed E-state index contributed by atoms with van der Waals surface area (Å²) in [5, 5.41) is 11.1. The van der Waals surface area contributed by atoms with Crippen molar-refractivity contribution in [1.29, 1.82) is 0 Å². The van der Waals surface area contributed by atoms with Crippen LogP contribution in [-0.2, 0) is 19.5 Å². The first kappa shape index (κ1) is 18.6. The van der Waals surface area contributed by atoms with E-state index in [0.29, 0.717) is 24.2 Å². The third-order valence-corrected chi connectivity index (χ3v) is 3.92. The van der Waals surface area contributed by atoms with Crippen LogP contribution in [0.2, 0.25) is 0 Å². The van der Waals surface area contributed by atoms with Gasteiger partial charge in [-0.15, -0.1) is 0 Å². The number of hydrogen-bond donors (Lipinski definition) is 1. The number of rotatable bonds is 7. The minimum atomic E-state index is -0.217. The number of urea groups is 1. The molecule has 0 fully saturated rings. The second-order valence-electron chi connectivity index (χ2n) is 6.85. The zero-order valence-corrected chi connectivity index (χ0v) is 15.8. The molecule has 0 bridgehead atoms. The Hall–Kier alpha value is -3.16. The van der Waals surface area contributed by atoms with Crippen LogP contribution in [0.4, 0.5) is 4.79 Å². The number of carbonyl (C=O) groups is 1. The van der Waals surface area contributed by atoms with Crippen LogP contribution in [0.5, 0.6) is 0 Å². The molecule has 8 nitrogen and oxygen atoms in total. The fraction of sp³-hybridized carbons (Fsp3) is 0.368. The predicted molar refractivity (Wildman–Crippen MR) is 100 cm³/mol. The molecule has 2 heterocycles. The predicted octanol–water partition coefficient (Wildman–Crippen LogP) is 2.80. The fourth-order valence-corrected chi connectivity index (χ4v) is 2.56. The summed E-state index contributed by atoms with van der Waals surface area (Å²) in [6.07, 6.45) is 4.39. The molecule has 0 aliphatic rings. The van der Waals surface area contributed by atoms with Crippen molar-refractivity contribution in [2.45, 2.75) is 33.4 Å². The van der Waals surface area contributed by atoms with E-state index in [2.05, 4.69) is 34.4 Å². The highest BCUT2D eigenvalue weighted by atomic mass is 16.5. The van der Waals surface area contributed by atoms with Crippen LogP contribution in [-0.4, -0.2) is 37.9 Å². The van der Waals surface area contributed by atoms with Gasteiger partial charge in [0.25, 0.3) is 0 Å². The molecule has 1 aromatic carbocycles. The number of amides is 2. The Bertz CT molecular complexity index is 871. The summed E-state index contributed by atoms with van der Waals surface area (Å²) in [5.41, 5.74) is 1.89. The van der Waals surface area contributed by atoms with Gasteiger partial charge in [0.1, 0.15) is 6.54 Å². The average Bonchev–Trinajstić information content (AvgIpc) is 3.29. The van der Waals surface area contributed by atoms with Crippen molar-refractivity contribution in [3.8, 4) is 5.69 Å². The first-order chi connectivity index (χ1) is 13.0. The molecule has 0 spiro atoms. The van der Waals surface area contributed by atoms with Crippen molar-refractivity contribution in [3.63, 3.8) is 0 Å². The Kier molecular flexibility index (Phi) is 5.85. The fourth-order valence-electron chi connectivity index (χ4n) is 2.56. The normalized spacial score (nSPS) is 11.0. The van der Waals surface area contributed by atoms with Crippen LogP contribution < -0.4 is 5.32 Å². The summed E-state index contributed by atoms with van der Waals surface area (Å²) in [4.78, 5) is 18.1. The second kappa shape index (κ2) is 8.48. The summed E-state index contributed by atoms with van der Waals surface area (Å²) in [7, 11) is 1.69. The molecule has 1 N–H and O–H groups in total. The highest BCUT2D eigenvalue weighted by molar-refractivity contribution is 5.73. The topological polar surface area (TPSA) is 89.1 Å². The van der Waals surface area contributed by atoms with Gasteiger partial charge in [0.05, 0.1) is 11.9 Å². The van der Waals surface area contributed by atoms with E-state index in [1.807, 2.05) is 36.5 Å². The molecule has 3 aromatic rings. The van der Waals surface area contributed by atoms with Gasteiger partial charge in [-0.05, 0) is 18.1 Å². The standard InChI is InChI=1S/C19H24N6O2/c1-14(2)9-17-22-18(27-23-17)13-24(3)19(26)20-10-15-11-21-25(12-15)16-7-5-4-6-8-16/h4-8,11-12,14H,9-10,13H2,1-3H3,(H,20,26). The second-order valence-corrected chi connectivity index (χ2v) is 6.85. The van der Waals surface area contributed by atoms with Gasteiger partial charge in [-0.1, -0.05) is 37.2 Å². The van der Waals surface area contributed by atoms with E-state index >= 15 is 0 Å². The minimum Gasteiger partial charge on any atom is -0.337 e. The maximum absolute atomic E-state index is 12.3. The Labute approximate surface area is 158 Å². The van der Waals surface area contributed by atoms with E-state index in [-0.39, 0.29) is 12.6 Å². The quantitative estimate of drug-likeness (QED) is 0.693. The molecule has 8 heteroatoms. The number of carbonyl (C=O) groups excluding carboxylic acids is 1. The molecule has 0 aliphatic carbocycles. The van der Waals surface area contributed by atoms with Crippen molar-refractivity contribution >= 4 is 6.03 Å². The lowest BCUT2D eigenvalue weighted by Crippen LogP contribution is -2.36. The van der Waals surface area contributed by atoms with Crippen LogP contribution in [0, 0.1) is 5.92 Å². The van der Waals surface area contributed by atoms with E-state index in [4.69, 9.17) is 4.52 Å². The summed E-state index contributed by atoms with van der Waals surface area (Å²) < 4.78 is 6.98. The minimum absolute atomic E-state index is 0.217. The van der Waals surface area contributed by atoms with Gasteiger partial charge in [-0.2, -0.15) is 10.1 Å². The van der Waals surface area contributed by atoms with Crippen molar-refractivity contribution in [2.24, 2.45) is 5.92 Å². The summed E-state index contributed by atoms with van der Waals surface area (Å²) in [6.45, 7) is 4.84. The molecular weight excluding hydrogens is 344 g/mol. The number of benzene rings is 1. The molecule has 27 heavy (non-hydrogen) atoms. The number of nitrogens with one attached hydrogen (secondary N) is 1. The third-order valence-electron chi connectivity index (χ3n) is 3.92. The molecule has 0 unspecified atom stereocenters. The highest BCUT2D eigenvalue weighted by Gasteiger charge is 2.14. The van der Waals surface area contributed by atoms with Crippen LogP contribution in [0.1, 0.15) is 31.1 Å². The van der Waals surface area contributed by atoms with E-state index in [1.165, 1.54) is 4.90 Å². The molecule has 2 aromatic heterocycles. The van der Waals surface area contributed by atoms with Crippen molar-refractivity contribution in [1.82, 2.24) is 30.1 Å². The molecule has 0 aliphatic heterocycles. The number of hydrogen-bond acceptors (Lipinski definition) is 5. The lowest BCUT2D eigenvalue weighted by molar-refractivity contribution is 0.199. The van der Waals surface area contributed by atoms with E-state index < -0.39 is 0 Å².